The van der Waals surface area contributed by atoms with Crippen LogP contribution in [0.2, 0.25) is 0 Å². The lowest BCUT2D eigenvalue weighted by Gasteiger charge is -2.65. The maximum absolute atomic E-state index is 13.3. The minimum atomic E-state index is -0.0683. The summed E-state index contributed by atoms with van der Waals surface area (Å²) < 4.78 is 1.67. The van der Waals surface area contributed by atoms with Crippen molar-refractivity contribution in [2.75, 3.05) is 5.32 Å². The third-order valence-electron chi connectivity index (χ3n) is 8.63. The van der Waals surface area contributed by atoms with Crippen LogP contribution in [0.1, 0.15) is 64.5 Å². The number of aromatic nitrogens is 2. The molecule has 3 aromatic rings. The minimum Gasteiger partial charge on any atom is -0.325 e. The molecule has 2 unspecified atom stereocenters. The molecule has 2 aromatic heterocycles. The van der Waals surface area contributed by atoms with Gasteiger partial charge < -0.3 is 9.88 Å². The number of benzene rings is 1. The second-order valence-corrected chi connectivity index (χ2v) is 12.2. The lowest BCUT2D eigenvalue weighted by molar-refractivity contribution is -0.153. The zero-order valence-electron chi connectivity index (χ0n) is 20.1. The molecule has 4 bridgehead atoms. The van der Waals surface area contributed by atoms with Gasteiger partial charge in [-0.15, -0.1) is 0 Å². The molecule has 2 heterocycles. The van der Waals surface area contributed by atoms with E-state index in [9.17, 15) is 9.59 Å². The molecule has 0 aliphatic heterocycles. The fraction of sp³-hybridized carbons (Fsp3) is 0.483. The van der Waals surface area contributed by atoms with Crippen molar-refractivity contribution in [3.63, 3.8) is 0 Å². The van der Waals surface area contributed by atoms with Gasteiger partial charge in [0.25, 0.3) is 5.56 Å². The molecule has 0 radical (unpaired) electrons. The zero-order valence-corrected chi connectivity index (χ0v) is 20.1. The van der Waals surface area contributed by atoms with E-state index in [1.165, 1.54) is 38.5 Å². The van der Waals surface area contributed by atoms with E-state index in [-0.39, 0.29) is 16.9 Å². The van der Waals surface area contributed by atoms with E-state index in [0.29, 0.717) is 29.2 Å². The number of carbonyl (C=O) groups is 1. The highest BCUT2D eigenvalue weighted by molar-refractivity contribution is 6.02. The number of hydrogen-bond donors (Lipinski definition) is 1. The van der Waals surface area contributed by atoms with Gasteiger partial charge in [-0.05, 0) is 91.0 Å². The zero-order chi connectivity index (χ0) is 23.6. The average Bonchev–Trinajstić information content (AvgIpc) is 2.74. The van der Waals surface area contributed by atoms with Crippen LogP contribution in [-0.2, 0) is 11.3 Å². The van der Waals surface area contributed by atoms with Crippen molar-refractivity contribution in [3.05, 3.63) is 70.9 Å². The molecule has 5 nitrogen and oxygen atoms in total. The molecule has 176 valence electrons. The summed E-state index contributed by atoms with van der Waals surface area (Å²) in [5, 5.41) is 4.59. The van der Waals surface area contributed by atoms with Gasteiger partial charge in [0, 0.05) is 35.3 Å². The number of rotatable bonds is 5. The fourth-order valence-corrected chi connectivity index (χ4v) is 8.63. The molecule has 2 atom stereocenters. The maximum Gasteiger partial charge on any atom is 0.258 e. The Balaban J connectivity index is 1.24. The minimum absolute atomic E-state index is 0.0683. The third-order valence-corrected chi connectivity index (χ3v) is 8.63. The van der Waals surface area contributed by atoms with Crippen LogP contribution < -0.4 is 10.9 Å². The molecule has 0 spiro atoms. The number of anilines is 1. The Bertz CT molecular complexity index is 1310. The molecule has 4 fully saturated rings. The topological polar surface area (TPSA) is 64.0 Å². The van der Waals surface area contributed by atoms with E-state index in [1.54, 1.807) is 17.0 Å². The first-order valence-corrected chi connectivity index (χ1v) is 12.6. The summed E-state index contributed by atoms with van der Waals surface area (Å²) in [4.78, 5) is 30.8. The van der Waals surface area contributed by atoms with E-state index in [4.69, 9.17) is 0 Å². The first-order chi connectivity index (χ1) is 16.2. The van der Waals surface area contributed by atoms with Crippen LogP contribution in [0.15, 0.2) is 59.7 Å². The highest BCUT2D eigenvalue weighted by atomic mass is 16.1. The summed E-state index contributed by atoms with van der Waals surface area (Å²) in [6, 6.07) is 13.2. The maximum atomic E-state index is 13.3. The highest BCUT2D eigenvalue weighted by Crippen LogP contribution is 2.70. The van der Waals surface area contributed by atoms with Gasteiger partial charge in [0.05, 0.1) is 12.2 Å². The molecular weight excluding hydrogens is 422 g/mol. The summed E-state index contributed by atoms with van der Waals surface area (Å²) in [6.07, 6.45) is 11.6. The standard InChI is InChI=1S/C29H33N3O2/c1-27-12-20-13-28(2,17-27)19-29(14-20,18-27)15-25(33)31-24-8-5-7-23-22(24)9-11-32(26(23)34)16-21-6-3-4-10-30-21/h3-11,20H,12-19H2,1-2H3,(H,31,33). The monoisotopic (exact) mass is 455 g/mol. The van der Waals surface area contributed by atoms with Gasteiger partial charge in [-0.25, -0.2) is 0 Å². The Morgan fingerprint density at radius 2 is 1.79 bits per heavy atom. The fourth-order valence-electron chi connectivity index (χ4n) is 8.63. The number of fused-ring (bicyclic) bond motifs is 1. The number of pyridine rings is 2. The van der Waals surface area contributed by atoms with Gasteiger partial charge >= 0.3 is 0 Å². The molecule has 1 N–H and O–H groups in total. The van der Waals surface area contributed by atoms with Crippen LogP contribution in [0, 0.1) is 22.2 Å². The summed E-state index contributed by atoms with van der Waals surface area (Å²) >= 11 is 0. The Morgan fingerprint density at radius 3 is 2.50 bits per heavy atom. The van der Waals surface area contributed by atoms with Gasteiger partial charge in [0.1, 0.15) is 0 Å². The van der Waals surface area contributed by atoms with E-state index >= 15 is 0 Å². The van der Waals surface area contributed by atoms with Crippen molar-refractivity contribution in [3.8, 4) is 0 Å². The largest absolute Gasteiger partial charge is 0.325 e. The van der Waals surface area contributed by atoms with Crippen molar-refractivity contribution < 1.29 is 4.79 Å². The van der Waals surface area contributed by atoms with Crippen LogP contribution in [0.5, 0.6) is 0 Å². The van der Waals surface area contributed by atoms with Gasteiger partial charge in [0.15, 0.2) is 0 Å². The second-order valence-electron chi connectivity index (χ2n) is 12.2. The molecule has 1 amide bonds. The summed E-state index contributed by atoms with van der Waals surface area (Å²) in [7, 11) is 0. The second kappa shape index (κ2) is 7.53. The molecule has 4 aliphatic rings. The van der Waals surface area contributed by atoms with Crippen molar-refractivity contribution >= 4 is 22.4 Å². The van der Waals surface area contributed by atoms with E-state index in [2.05, 4.69) is 24.1 Å². The Hall–Kier alpha value is -2.95. The number of hydrogen-bond acceptors (Lipinski definition) is 3. The van der Waals surface area contributed by atoms with Crippen LogP contribution in [0.4, 0.5) is 5.69 Å². The van der Waals surface area contributed by atoms with Crippen LogP contribution in [0.25, 0.3) is 10.8 Å². The molecule has 0 saturated heterocycles. The summed E-state index contributed by atoms with van der Waals surface area (Å²) in [6.45, 7) is 5.32. The van der Waals surface area contributed by atoms with Crippen molar-refractivity contribution in [1.29, 1.82) is 0 Å². The van der Waals surface area contributed by atoms with Crippen LogP contribution >= 0.6 is 0 Å². The number of nitrogens with one attached hydrogen (secondary N) is 1. The SMILES string of the molecule is CC12CC3CC(C)(C1)CC(CC(=O)Nc1cccc4c(=O)n(Cc5ccccn5)ccc14)(C3)C2. The normalized spacial score (nSPS) is 31.6. The van der Waals surface area contributed by atoms with Crippen molar-refractivity contribution in [2.45, 2.75) is 65.3 Å². The molecule has 1 aromatic carbocycles. The third kappa shape index (κ3) is 3.75. The smallest absolute Gasteiger partial charge is 0.258 e. The summed E-state index contributed by atoms with van der Waals surface area (Å²) in [5.41, 5.74) is 2.42. The van der Waals surface area contributed by atoms with E-state index in [0.717, 1.165) is 22.7 Å². The quantitative estimate of drug-likeness (QED) is 0.531. The molecule has 5 heteroatoms. The first-order valence-electron chi connectivity index (χ1n) is 12.6. The first kappa shape index (κ1) is 21.6. The molecule has 4 aliphatic carbocycles. The number of amides is 1. The van der Waals surface area contributed by atoms with Crippen LogP contribution in [-0.4, -0.2) is 15.5 Å². The summed E-state index contributed by atoms with van der Waals surface area (Å²) in [5.74, 6) is 0.855. The molecule has 4 saturated carbocycles. The Kier molecular flexibility index (Phi) is 4.78. The van der Waals surface area contributed by atoms with Crippen molar-refractivity contribution in [1.82, 2.24) is 9.55 Å². The van der Waals surface area contributed by atoms with Gasteiger partial charge in [-0.2, -0.15) is 0 Å². The average molecular weight is 456 g/mol. The predicted molar refractivity (Wildman–Crippen MR) is 135 cm³/mol. The van der Waals surface area contributed by atoms with E-state index in [1.807, 2.05) is 42.5 Å². The molecule has 7 rings (SSSR count). The van der Waals surface area contributed by atoms with Gasteiger partial charge in [-0.1, -0.05) is 26.0 Å². The lowest BCUT2D eigenvalue weighted by Crippen LogP contribution is -2.55. The lowest BCUT2D eigenvalue weighted by atomic mass is 9.40. The molecular formula is C29H33N3O2. The van der Waals surface area contributed by atoms with E-state index < -0.39 is 0 Å². The Labute approximate surface area is 200 Å². The molecule has 34 heavy (non-hydrogen) atoms. The predicted octanol–water partition coefficient (Wildman–Crippen LogP) is 5.77. The Morgan fingerprint density at radius 1 is 1.00 bits per heavy atom. The van der Waals surface area contributed by atoms with Crippen molar-refractivity contribution in [2.24, 2.45) is 22.2 Å². The van der Waals surface area contributed by atoms with Crippen LogP contribution in [0.3, 0.4) is 0 Å². The number of nitrogens with zero attached hydrogens (tertiary/aromatic N) is 2. The van der Waals surface area contributed by atoms with Gasteiger partial charge in [-0.3, -0.25) is 14.6 Å². The highest BCUT2D eigenvalue weighted by Gasteiger charge is 2.60. The van der Waals surface area contributed by atoms with Gasteiger partial charge in [0.2, 0.25) is 5.91 Å². The number of carbonyl (C=O) groups excluding carboxylic acids is 1.